The topological polar surface area (TPSA) is 90.9 Å². The highest BCUT2D eigenvalue weighted by Crippen LogP contribution is 2.32. The van der Waals surface area contributed by atoms with Crippen LogP contribution in [0.5, 0.6) is 5.75 Å². The Bertz CT molecular complexity index is 995. The number of anilines is 1. The first-order chi connectivity index (χ1) is 13.0. The molecule has 0 radical (unpaired) electrons. The van der Waals surface area contributed by atoms with E-state index in [1.165, 1.54) is 17.3 Å². The minimum atomic E-state index is -0.438. The molecule has 6 nitrogen and oxygen atoms in total. The molecule has 0 spiro atoms. The molecule has 0 aliphatic carbocycles. The van der Waals surface area contributed by atoms with Crippen molar-refractivity contribution >= 4 is 29.4 Å². The lowest BCUT2D eigenvalue weighted by Gasteiger charge is -2.19. The van der Waals surface area contributed by atoms with Gasteiger partial charge in [-0.1, -0.05) is 42.5 Å². The number of allylic oxidation sites excluding steroid dienone is 1. The fraction of sp³-hybridized carbons (Fsp3) is 0. The van der Waals surface area contributed by atoms with Gasteiger partial charge in [-0.05, 0) is 35.9 Å². The summed E-state index contributed by atoms with van der Waals surface area (Å²) in [6, 6.07) is 11.8. The summed E-state index contributed by atoms with van der Waals surface area (Å²) < 4.78 is 0. The van der Waals surface area contributed by atoms with E-state index in [0.29, 0.717) is 16.3 Å². The van der Waals surface area contributed by atoms with Gasteiger partial charge in [-0.3, -0.25) is 9.80 Å². The van der Waals surface area contributed by atoms with Crippen LogP contribution < -0.4 is 11.2 Å². The minimum absolute atomic E-state index is 0.121. The molecule has 0 saturated heterocycles. The second-order valence-corrected chi connectivity index (χ2v) is 6.10. The average molecular weight is 381 g/mol. The zero-order chi connectivity index (χ0) is 19.4. The molecule has 3 rings (SSSR count). The number of hydrogen-bond donors (Lipinski definition) is 3. The number of hydrazine groups is 1. The van der Waals surface area contributed by atoms with Crippen LogP contribution in [-0.4, -0.2) is 22.2 Å². The molecule has 1 aliphatic rings. The van der Waals surface area contributed by atoms with Crippen molar-refractivity contribution in [3.05, 3.63) is 83.8 Å². The van der Waals surface area contributed by atoms with Gasteiger partial charge in [0.2, 0.25) is 0 Å². The van der Waals surface area contributed by atoms with E-state index in [-0.39, 0.29) is 17.1 Å². The fourth-order valence-corrected chi connectivity index (χ4v) is 2.78. The average Bonchev–Trinajstić information content (AvgIpc) is 2.64. The molecular formula is C20H17ClN4O2. The lowest BCUT2D eigenvalue weighted by atomic mass is 10.0. The highest BCUT2D eigenvalue weighted by atomic mass is 35.5. The molecule has 0 fully saturated rings. The number of rotatable bonds is 4. The third-order valence-corrected chi connectivity index (χ3v) is 4.09. The van der Waals surface area contributed by atoms with Crippen LogP contribution >= 0.6 is 11.6 Å². The highest BCUT2D eigenvalue weighted by molar-refractivity contribution is 6.31. The number of amides is 1. The van der Waals surface area contributed by atoms with Crippen LogP contribution in [0.25, 0.3) is 11.1 Å². The molecule has 2 aromatic rings. The van der Waals surface area contributed by atoms with Crippen LogP contribution in [-0.2, 0) is 4.79 Å². The largest absolute Gasteiger partial charge is 0.508 e. The zero-order valence-electron chi connectivity index (χ0n) is 14.3. The van der Waals surface area contributed by atoms with E-state index in [9.17, 15) is 9.90 Å². The molecule has 1 heterocycles. The maximum absolute atomic E-state index is 12.8. The number of nitrogens with zero attached hydrogens (tertiary/aromatic N) is 2. The van der Waals surface area contributed by atoms with Crippen molar-refractivity contribution in [1.82, 2.24) is 5.01 Å². The number of nitrogens with two attached hydrogens (primary N) is 1. The number of aromatic hydroxyl groups is 1. The molecule has 0 unspecified atom stereocenters. The van der Waals surface area contributed by atoms with Gasteiger partial charge in [-0.15, -0.1) is 0 Å². The van der Waals surface area contributed by atoms with E-state index < -0.39 is 5.91 Å². The van der Waals surface area contributed by atoms with Gasteiger partial charge in [-0.2, -0.15) is 0 Å². The van der Waals surface area contributed by atoms with Crippen LogP contribution in [0, 0.1) is 0 Å². The van der Waals surface area contributed by atoms with Gasteiger partial charge in [0, 0.05) is 23.0 Å². The van der Waals surface area contributed by atoms with Crippen molar-refractivity contribution in [2.45, 2.75) is 0 Å². The van der Waals surface area contributed by atoms with Crippen molar-refractivity contribution in [3.63, 3.8) is 0 Å². The fourth-order valence-electron chi connectivity index (χ4n) is 2.61. The minimum Gasteiger partial charge on any atom is -0.508 e. The Labute approximate surface area is 161 Å². The number of carbonyl (C=O) groups excluding carboxylic acids is 1. The first-order valence-electron chi connectivity index (χ1n) is 8.01. The lowest BCUT2D eigenvalue weighted by molar-refractivity contribution is -0.112. The summed E-state index contributed by atoms with van der Waals surface area (Å²) in [5.74, 6) is 5.80. The standard InChI is InChI=1S/C20H17ClN4O2/c1-2-16(19-23-9-4-10-25(19)22)20(27)24-18-12-14(21)7-8-17(18)13-5-3-6-15(26)11-13/h2-12,26H,1,22H2,(H,24,27)/b19-16+. The maximum Gasteiger partial charge on any atom is 0.259 e. The molecule has 1 amide bonds. The van der Waals surface area contributed by atoms with Gasteiger partial charge in [0.15, 0.2) is 5.82 Å². The van der Waals surface area contributed by atoms with Gasteiger partial charge in [0.05, 0.1) is 11.3 Å². The summed E-state index contributed by atoms with van der Waals surface area (Å²) in [6.07, 6.45) is 6.16. The number of aliphatic imine (C=N–C) groups is 1. The van der Waals surface area contributed by atoms with Gasteiger partial charge < -0.3 is 10.4 Å². The second kappa shape index (κ2) is 7.90. The van der Waals surface area contributed by atoms with Crippen molar-refractivity contribution in [3.8, 4) is 16.9 Å². The summed E-state index contributed by atoms with van der Waals surface area (Å²) in [6.45, 7) is 3.69. The predicted octanol–water partition coefficient (Wildman–Crippen LogP) is 3.82. The Hall–Kier alpha value is -3.35. The second-order valence-electron chi connectivity index (χ2n) is 5.66. The van der Waals surface area contributed by atoms with E-state index in [4.69, 9.17) is 17.4 Å². The van der Waals surface area contributed by atoms with E-state index in [1.807, 2.05) is 6.07 Å². The van der Waals surface area contributed by atoms with Crippen LogP contribution in [0.15, 0.2) is 83.8 Å². The molecule has 0 aromatic heterocycles. The van der Waals surface area contributed by atoms with Crippen LogP contribution in [0.2, 0.25) is 5.02 Å². The van der Waals surface area contributed by atoms with E-state index >= 15 is 0 Å². The monoisotopic (exact) mass is 380 g/mol. The summed E-state index contributed by atoms with van der Waals surface area (Å²) in [5.41, 5.74) is 2.12. The maximum atomic E-state index is 12.8. The first-order valence-corrected chi connectivity index (χ1v) is 8.39. The molecule has 7 heteroatoms. The number of benzene rings is 2. The normalized spacial score (nSPS) is 14.8. The van der Waals surface area contributed by atoms with Crippen LogP contribution in [0.1, 0.15) is 0 Å². The SMILES string of the molecule is C=C/C(C(=O)Nc1cc(Cl)ccc1-c1cccc(O)c1)=C1/N=CC=CN1N. The molecule has 1 aliphatic heterocycles. The third kappa shape index (κ3) is 4.08. The molecular weight excluding hydrogens is 364 g/mol. The molecule has 136 valence electrons. The van der Waals surface area contributed by atoms with Gasteiger partial charge in [-0.25, -0.2) is 10.8 Å². The number of hydrogen-bond acceptors (Lipinski definition) is 5. The Morgan fingerprint density at radius 2 is 2.11 bits per heavy atom. The molecule has 0 bridgehead atoms. The van der Waals surface area contributed by atoms with Gasteiger partial charge in [0.1, 0.15) is 5.75 Å². The Balaban J connectivity index is 2.00. The summed E-state index contributed by atoms with van der Waals surface area (Å²) in [4.78, 5) is 17.0. The lowest BCUT2D eigenvalue weighted by Crippen LogP contribution is -2.29. The number of halogens is 1. The quantitative estimate of drug-likeness (QED) is 0.555. The molecule has 2 aromatic carbocycles. The van der Waals surface area contributed by atoms with Crippen molar-refractivity contribution in [1.29, 1.82) is 0 Å². The summed E-state index contributed by atoms with van der Waals surface area (Å²) in [5, 5.41) is 14.3. The van der Waals surface area contributed by atoms with Crippen LogP contribution in [0.3, 0.4) is 0 Å². The smallest absolute Gasteiger partial charge is 0.259 e. The van der Waals surface area contributed by atoms with Crippen LogP contribution in [0.4, 0.5) is 5.69 Å². The van der Waals surface area contributed by atoms with E-state index in [0.717, 1.165) is 5.56 Å². The van der Waals surface area contributed by atoms with Gasteiger partial charge >= 0.3 is 0 Å². The highest BCUT2D eigenvalue weighted by Gasteiger charge is 2.18. The summed E-state index contributed by atoms with van der Waals surface area (Å²) >= 11 is 6.11. The Morgan fingerprint density at radius 3 is 2.81 bits per heavy atom. The first kappa shape index (κ1) is 18.4. The molecule has 0 saturated carbocycles. The molecule has 4 N–H and O–H groups in total. The molecule has 27 heavy (non-hydrogen) atoms. The number of nitrogens with one attached hydrogen (secondary N) is 1. The summed E-state index contributed by atoms with van der Waals surface area (Å²) in [7, 11) is 0. The van der Waals surface area contributed by atoms with Crippen molar-refractivity contribution < 1.29 is 9.90 Å². The third-order valence-electron chi connectivity index (χ3n) is 3.85. The molecule has 0 atom stereocenters. The predicted molar refractivity (Wildman–Crippen MR) is 108 cm³/mol. The van der Waals surface area contributed by atoms with E-state index in [2.05, 4.69) is 16.9 Å². The van der Waals surface area contributed by atoms with Gasteiger partial charge in [0.25, 0.3) is 5.91 Å². The van der Waals surface area contributed by atoms with Crippen molar-refractivity contribution in [2.24, 2.45) is 10.8 Å². The van der Waals surface area contributed by atoms with Crippen molar-refractivity contribution in [2.75, 3.05) is 5.32 Å². The Kier molecular flexibility index (Phi) is 5.40. The zero-order valence-corrected chi connectivity index (χ0v) is 15.0. The number of phenolic OH excluding ortho intramolecular Hbond substituents is 1. The van der Waals surface area contributed by atoms with E-state index in [1.54, 1.807) is 48.7 Å². The number of carbonyl (C=O) groups is 1. The number of phenols is 1. The Morgan fingerprint density at radius 1 is 1.30 bits per heavy atom.